The summed E-state index contributed by atoms with van der Waals surface area (Å²) in [5.74, 6) is -0.844. The van der Waals surface area contributed by atoms with E-state index < -0.39 is 5.97 Å². The Morgan fingerprint density at radius 2 is 2.20 bits per heavy atom. The van der Waals surface area contributed by atoms with Crippen LogP contribution < -0.4 is 0 Å². The predicted molar refractivity (Wildman–Crippen MR) is 80.4 cm³/mol. The van der Waals surface area contributed by atoms with Crippen molar-refractivity contribution in [1.29, 1.82) is 0 Å². The first-order chi connectivity index (χ1) is 9.72. The normalized spacial score (nSPS) is 15.0. The number of fused-ring (bicyclic) bond motifs is 1. The van der Waals surface area contributed by atoms with Gasteiger partial charge in [-0.25, -0.2) is 4.79 Å². The SMILES string of the molecule is O=C(O)c1ccc2c(c1)CN(CCc1cccs1)CC2. The summed E-state index contributed by atoms with van der Waals surface area (Å²) in [6.45, 7) is 2.96. The van der Waals surface area contributed by atoms with Gasteiger partial charge in [0.2, 0.25) is 0 Å². The molecule has 1 aromatic heterocycles. The molecule has 0 aliphatic carbocycles. The van der Waals surface area contributed by atoms with Crippen LogP contribution in [-0.4, -0.2) is 29.1 Å². The molecule has 0 radical (unpaired) electrons. The molecule has 0 bridgehead atoms. The Hall–Kier alpha value is -1.65. The second-order valence-corrected chi connectivity index (χ2v) is 6.18. The van der Waals surface area contributed by atoms with Crippen molar-refractivity contribution >= 4 is 17.3 Å². The molecule has 1 N–H and O–H groups in total. The zero-order valence-electron chi connectivity index (χ0n) is 11.2. The number of rotatable bonds is 4. The van der Waals surface area contributed by atoms with Crippen LogP contribution in [0.3, 0.4) is 0 Å². The molecule has 1 aliphatic heterocycles. The van der Waals surface area contributed by atoms with Crippen LogP contribution in [0.25, 0.3) is 0 Å². The Bertz CT molecular complexity index is 607. The van der Waals surface area contributed by atoms with Crippen LogP contribution in [0.5, 0.6) is 0 Å². The van der Waals surface area contributed by atoms with Crippen molar-refractivity contribution in [3.63, 3.8) is 0 Å². The maximum absolute atomic E-state index is 11.0. The molecular weight excluding hydrogens is 270 g/mol. The number of carboxylic acids is 1. The molecule has 0 fully saturated rings. The molecule has 1 aromatic carbocycles. The number of aromatic carboxylic acids is 1. The van der Waals surface area contributed by atoms with Gasteiger partial charge in [-0.1, -0.05) is 12.1 Å². The molecule has 1 aliphatic rings. The highest BCUT2D eigenvalue weighted by Gasteiger charge is 2.17. The summed E-state index contributed by atoms with van der Waals surface area (Å²) in [6.07, 6.45) is 2.09. The lowest BCUT2D eigenvalue weighted by Crippen LogP contribution is -2.32. The first-order valence-electron chi connectivity index (χ1n) is 6.82. The van der Waals surface area contributed by atoms with Crippen LogP contribution in [0.2, 0.25) is 0 Å². The Balaban J connectivity index is 1.67. The summed E-state index contributed by atoms with van der Waals surface area (Å²) >= 11 is 1.80. The molecular formula is C16H17NO2S. The van der Waals surface area contributed by atoms with Crippen molar-refractivity contribution < 1.29 is 9.90 Å². The third-order valence-corrected chi connectivity index (χ3v) is 4.74. The monoisotopic (exact) mass is 287 g/mol. The molecule has 0 saturated carbocycles. The number of benzene rings is 1. The van der Waals surface area contributed by atoms with Gasteiger partial charge < -0.3 is 5.11 Å². The molecule has 0 spiro atoms. The molecule has 20 heavy (non-hydrogen) atoms. The van der Waals surface area contributed by atoms with E-state index in [1.807, 2.05) is 12.1 Å². The van der Waals surface area contributed by atoms with Gasteiger partial charge in [-0.15, -0.1) is 11.3 Å². The highest BCUT2D eigenvalue weighted by Crippen LogP contribution is 2.21. The van der Waals surface area contributed by atoms with Gasteiger partial charge in [0.1, 0.15) is 0 Å². The summed E-state index contributed by atoms with van der Waals surface area (Å²) in [5, 5.41) is 11.2. The van der Waals surface area contributed by atoms with E-state index in [0.29, 0.717) is 5.56 Å². The summed E-state index contributed by atoms with van der Waals surface area (Å²) in [7, 11) is 0. The highest BCUT2D eigenvalue weighted by atomic mass is 32.1. The van der Waals surface area contributed by atoms with Crippen LogP contribution in [-0.2, 0) is 19.4 Å². The molecule has 4 heteroatoms. The van der Waals surface area contributed by atoms with Crippen molar-refractivity contribution in [2.45, 2.75) is 19.4 Å². The minimum atomic E-state index is -0.844. The van der Waals surface area contributed by atoms with Crippen LogP contribution in [0.15, 0.2) is 35.7 Å². The minimum absolute atomic E-state index is 0.392. The second kappa shape index (κ2) is 5.77. The lowest BCUT2D eigenvalue weighted by Gasteiger charge is -2.28. The number of nitrogens with zero attached hydrogens (tertiary/aromatic N) is 1. The van der Waals surface area contributed by atoms with E-state index in [4.69, 9.17) is 5.11 Å². The Kier molecular flexibility index (Phi) is 3.85. The molecule has 0 atom stereocenters. The molecule has 3 rings (SSSR count). The Labute approximate surface area is 122 Å². The van der Waals surface area contributed by atoms with Crippen molar-refractivity contribution in [1.82, 2.24) is 4.90 Å². The van der Waals surface area contributed by atoms with E-state index in [2.05, 4.69) is 22.4 Å². The smallest absolute Gasteiger partial charge is 0.335 e. The Morgan fingerprint density at radius 1 is 1.30 bits per heavy atom. The number of carboxylic acid groups (broad SMARTS) is 1. The first kappa shape index (κ1) is 13.3. The number of carbonyl (C=O) groups is 1. The zero-order chi connectivity index (χ0) is 13.9. The lowest BCUT2D eigenvalue weighted by atomic mass is 9.97. The minimum Gasteiger partial charge on any atom is -0.478 e. The highest BCUT2D eigenvalue weighted by molar-refractivity contribution is 7.09. The Morgan fingerprint density at radius 3 is 2.95 bits per heavy atom. The van der Waals surface area contributed by atoms with E-state index in [-0.39, 0.29) is 0 Å². The van der Waals surface area contributed by atoms with Crippen LogP contribution >= 0.6 is 11.3 Å². The van der Waals surface area contributed by atoms with Crippen LogP contribution in [0.1, 0.15) is 26.4 Å². The average Bonchev–Trinajstić information content (AvgIpc) is 2.97. The molecule has 0 amide bonds. The predicted octanol–water partition coefficient (Wildman–Crippen LogP) is 3.05. The van der Waals surface area contributed by atoms with Gasteiger partial charge >= 0.3 is 5.97 Å². The van der Waals surface area contributed by atoms with Gasteiger partial charge in [0.25, 0.3) is 0 Å². The van der Waals surface area contributed by atoms with E-state index >= 15 is 0 Å². The maximum atomic E-state index is 11.0. The zero-order valence-corrected chi connectivity index (χ0v) is 12.0. The summed E-state index contributed by atoms with van der Waals surface area (Å²) in [6, 6.07) is 9.77. The molecule has 0 unspecified atom stereocenters. The molecule has 104 valence electrons. The summed E-state index contributed by atoms with van der Waals surface area (Å²) < 4.78 is 0. The van der Waals surface area contributed by atoms with Gasteiger partial charge in [-0.05, 0) is 47.5 Å². The van der Waals surface area contributed by atoms with Gasteiger partial charge in [-0.3, -0.25) is 4.90 Å². The number of hydrogen-bond donors (Lipinski definition) is 1. The maximum Gasteiger partial charge on any atom is 0.335 e. The van der Waals surface area contributed by atoms with Crippen molar-refractivity contribution in [3.8, 4) is 0 Å². The fourth-order valence-corrected chi connectivity index (χ4v) is 3.36. The fourth-order valence-electron chi connectivity index (χ4n) is 2.66. The van der Waals surface area contributed by atoms with Crippen LogP contribution in [0, 0.1) is 0 Å². The number of thiophene rings is 1. The van der Waals surface area contributed by atoms with Crippen molar-refractivity contribution in [3.05, 3.63) is 57.3 Å². The largest absolute Gasteiger partial charge is 0.478 e. The molecule has 2 aromatic rings. The standard InChI is InChI=1S/C16H17NO2S/c18-16(19)13-4-3-12-5-7-17(11-14(12)10-13)8-6-15-2-1-9-20-15/h1-4,9-10H,5-8,11H2,(H,18,19). The van der Waals surface area contributed by atoms with Crippen molar-refractivity contribution in [2.24, 2.45) is 0 Å². The number of hydrogen-bond acceptors (Lipinski definition) is 3. The first-order valence-corrected chi connectivity index (χ1v) is 7.70. The summed E-state index contributed by atoms with van der Waals surface area (Å²) in [5.41, 5.74) is 2.86. The topological polar surface area (TPSA) is 40.5 Å². The van der Waals surface area contributed by atoms with Gasteiger partial charge in [0, 0.05) is 24.5 Å². The van der Waals surface area contributed by atoms with Crippen molar-refractivity contribution in [2.75, 3.05) is 13.1 Å². The second-order valence-electron chi connectivity index (χ2n) is 5.14. The van der Waals surface area contributed by atoms with E-state index in [1.165, 1.54) is 16.0 Å². The van der Waals surface area contributed by atoms with E-state index in [0.717, 1.165) is 32.5 Å². The fraction of sp³-hybridized carbons (Fsp3) is 0.312. The molecule has 3 nitrogen and oxygen atoms in total. The third kappa shape index (κ3) is 2.92. The lowest BCUT2D eigenvalue weighted by molar-refractivity contribution is 0.0696. The third-order valence-electron chi connectivity index (χ3n) is 3.80. The average molecular weight is 287 g/mol. The van der Waals surface area contributed by atoms with Gasteiger partial charge in [-0.2, -0.15) is 0 Å². The van der Waals surface area contributed by atoms with Gasteiger partial charge in [0.15, 0.2) is 0 Å². The van der Waals surface area contributed by atoms with Crippen LogP contribution in [0.4, 0.5) is 0 Å². The molecule has 0 saturated heterocycles. The van der Waals surface area contributed by atoms with E-state index in [9.17, 15) is 4.79 Å². The quantitative estimate of drug-likeness (QED) is 0.939. The van der Waals surface area contributed by atoms with Gasteiger partial charge in [0.05, 0.1) is 5.56 Å². The summed E-state index contributed by atoms with van der Waals surface area (Å²) in [4.78, 5) is 14.9. The molecule has 2 heterocycles. The van der Waals surface area contributed by atoms with E-state index in [1.54, 1.807) is 17.4 Å².